The van der Waals surface area contributed by atoms with Crippen molar-refractivity contribution >= 4 is 0 Å². The monoisotopic (exact) mass is 224 g/mol. The van der Waals surface area contributed by atoms with E-state index in [1.165, 1.54) is 19.3 Å². The van der Waals surface area contributed by atoms with E-state index in [1.807, 2.05) is 6.08 Å². The van der Waals surface area contributed by atoms with Gasteiger partial charge in [-0.3, -0.25) is 4.90 Å². The van der Waals surface area contributed by atoms with Crippen molar-refractivity contribution in [2.45, 2.75) is 52.1 Å². The Hall–Kier alpha value is -0.340. The van der Waals surface area contributed by atoms with Crippen LogP contribution in [0.4, 0.5) is 0 Å². The summed E-state index contributed by atoms with van der Waals surface area (Å²) in [5, 5.41) is 3.56. The quantitative estimate of drug-likeness (QED) is 0.478. The molecule has 1 saturated carbocycles. The molecule has 0 radical (unpaired) electrons. The zero-order chi connectivity index (χ0) is 12.0. The van der Waals surface area contributed by atoms with Crippen molar-refractivity contribution < 1.29 is 0 Å². The topological polar surface area (TPSA) is 15.3 Å². The van der Waals surface area contributed by atoms with Crippen LogP contribution < -0.4 is 5.32 Å². The van der Waals surface area contributed by atoms with Gasteiger partial charge in [0.1, 0.15) is 0 Å². The van der Waals surface area contributed by atoms with Gasteiger partial charge in [-0.2, -0.15) is 0 Å². The van der Waals surface area contributed by atoms with Gasteiger partial charge in [0.25, 0.3) is 0 Å². The van der Waals surface area contributed by atoms with E-state index in [0.29, 0.717) is 12.0 Å². The van der Waals surface area contributed by atoms with Crippen molar-refractivity contribution in [1.82, 2.24) is 10.2 Å². The third kappa shape index (κ3) is 4.26. The zero-order valence-corrected chi connectivity index (χ0v) is 11.2. The molecule has 0 spiro atoms. The Morgan fingerprint density at radius 2 is 2.12 bits per heavy atom. The highest BCUT2D eigenvalue weighted by molar-refractivity contribution is 4.93. The summed E-state index contributed by atoms with van der Waals surface area (Å²) in [7, 11) is 0. The van der Waals surface area contributed by atoms with Crippen molar-refractivity contribution in [3.8, 4) is 0 Å². The van der Waals surface area contributed by atoms with Gasteiger partial charge in [0.15, 0.2) is 0 Å². The fourth-order valence-electron chi connectivity index (χ4n) is 2.27. The van der Waals surface area contributed by atoms with E-state index in [9.17, 15) is 0 Å². The molecule has 94 valence electrons. The van der Waals surface area contributed by atoms with Crippen molar-refractivity contribution in [3.63, 3.8) is 0 Å². The lowest BCUT2D eigenvalue weighted by atomic mass is 10.0. The van der Waals surface area contributed by atoms with Gasteiger partial charge < -0.3 is 5.32 Å². The van der Waals surface area contributed by atoms with Crippen LogP contribution in [0.3, 0.4) is 0 Å². The van der Waals surface area contributed by atoms with Gasteiger partial charge in [-0.1, -0.05) is 26.8 Å². The number of hydrogen-bond acceptors (Lipinski definition) is 2. The molecule has 0 aromatic heterocycles. The molecule has 0 saturated heterocycles. The average molecular weight is 224 g/mol. The van der Waals surface area contributed by atoms with E-state index < -0.39 is 0 Å². The van der Waals surface area contributed by atoms with Gasteiger partial charge >= 0.3 is 0 Å². The van der Waals surface area contributed by atoms with Crippen LogP contribution in [0.5, 0.6) is 0 Å². The lowest BCUT2D eigenvalue weighted by Crippen LogP contribution is -2.47. The maximum Gasteiger partial charge on any atom is 0.0249 e. The molecule has 0 aliphatic heterocycles. The summed E-state index contributed by atoms with van der Waals surface area (Å²) < 4.78 is 0. The second-order valence-electron chi connectivity index (χ2n) is 5.23. The zero-order valence-electron chi connectivity index (χ0n) is 11.2. The lowest BCUT2D eigenvalue weighted by molar-refractivity contribution is 0.159. The highest BCUT2D eigenvalue weighted by atomic mass is 15.2. The van der Waals surface area contributed by atoms with E-state index >= 15 is 0 Å². The Morgan fingerprint density at radius 3 is 2.56 bits per heavy atom. The lowest BCUT2D eigenvalue weighted by Gasteiger charge is -2.34. The van der Waals surface area contributed by atoms with Crippen LogP contribution in [0, 0.1) is 5.92 Å². The molecule has 1 aliphatic carbocycles. The largest absolute Gasteiger partial charge is 0.315 e. The molecule has 2 nitrogen and oxygen atoms in total. The highest BCUT2D eigenvalue weighted by Gasteiger charge is 2.33. The standard InChI is InChI=1S/C14H28N2/c1-5-9-15-11-14(12(3)4)16(10-6-2)13-7-8-13/h6,12-15H,2,5,7-11H2,1,3-4H3. The number of nitrogens with one attached hydrogen (secondary N) is 1. The first-order valence-electron chi connectivity index (χ1n) is 6.78. The molecule has 16 heavy (non-hydrogen) atoms. The molecule has 0 bridgehead atoms. The second kappa shape index (κ2) is 7.08. The minimum absolute atomic E-state index is 0.664. The molecule has 0 heterocycles. The first kappa shape index (κ1) is 13.7. The van der Waals surface area contributed by atoms with Crippen molar-refractivity contribution in [3.05, 3.63) is 12.7 Å². The van der Waals surface area contributed by atoms with Gasteiger partial charge in [-0.15, -0.1) is 6.58 Å². The van der Waals surface area contributed by atoms with Crippen LogP contribution in [0.15, 0.2) is 12.7 Å². The van der Waals surface area contributed by atoms with Gasteiger partial charge in [-0.25, -0.2) is 0 Å². The molecule has 0 amide bonds. The summed E-state index contributed by atoms with van der Waals surface area (Å²) in [5.74, 6) is 0.713. The van der Waals surface area contributed by atoms with E-state index in [1.54, 1.807) is 0 Å². The molecular weight excluding hydrogens is 196 g/mol. The predicted octanol–water partition coefficient (Wildman–Crippen LogP) is 2.66. The average Bonchev–Trinajstić information content (AvgIpc) is 3.05. The van der Waals surface area contributed by atoms with E-state index in [0.717, 1.165) is 25.7 Å². The summed E-state index contributed by atoms with van der Waals surface area (Å²) in [4.78, 5) is 2.64. The number of rotatable bonds is 9. The third-order valence-corrected chi connectivity index (χ3v) is 3.33. The summed E-state index contributed by atoms with van der Waals surface area (Å²) in [6.07, 6.45) is 6.03. The smallest absolute Gasteiger partial charge is 0.0249 e. The minimum atomic E-state index is 0.664. The van der Waals surface area contributed by atoms with Crippen LogP contribution in [0.2, 0.25) is 0 Å². The second-order valence-corrected chi connectivity index (χ2v) is 5.23. The SMILES string of the molecule is C=CCN(C1CC1)C(CNCCC)C(C)C. The van der Waals surface area contributed by atoms with Gasteiger partial charge in [-0.05, 0) is 31.7 Å². The Labute approximate surface area is 101 Å². The number of hydrogen-bond donors (Lipinski definition) is 1. The maximum absolute atomic E-state index is 3.89. The van der Waals surface area contributed by atoms with Gasteiger partial charge in [0.05, 0.1) is 0 Å². The normalized spacial score (nSPS) is 18.1. The summed E-state index contributed by atoms with van der Waals surface area (Å²) in [6, 6.07) is 1.49. The van der Waals surface area contributed by atoms with Crippen molar-refractivity contribution in [1.29, 1.82) is 0 Å². The highest BCUT2D eigenvalue weighted by Crippen LogP contribution is 2.30. The predicted molar refractivity (Wildman–Crippen MR) is 71.7 cm³/mol. The maximum atomic E-state index is 3.89. The van der Waals surface area contributed by atoms with E-state index in [-0.39, 0.29) is 0 Å². The molecule has 1 rings (SSSR count). The van der Waals surface area contributed by atoms with Crippen LogP contribution in [-0.4, -0.2) is 36.6 Å². The Morgan fingerprint density at radius 1 is 1.44 bits per heavy atom. The fourth-order valence-corrected chi connectivity index (χ4v) is 2.27. The van der Waals surface area contributed by atoms with Crippen molar-refractivity contribution in [2.24, 2.45) is 5.92 Å². The van der Waals surface area contributed by atoms with Crippen LogP contribution in [0.1, 0.15) is 40.0 Å². The van der Waals surface area contributed by atoms with E-state index in [4.69, 9.17) is 0 Å². The molecule has 0 aromatic rings. The fraction of sp³-hybridized carbons (Fsp3) is 0.857. The molecule has 1 aliphatic rings. The van der Waals surface area contributed by atoms with Gasteiger partial charge in [0.2, 0.25) is 0 Å². The molecule has 0 aromatic carbocycles. The van der Waals surface area contributed by atoms with Crippen LogP contribution in [-0.2, 0) is 0 Å². The first-order chi connectivity index (χ1) is 7.70. The Kier molecular flexibility index (Phi) is 6.07. The summed E-state index contributed by atoms with van der Waals surface area (Å²) in [6.45, 7) is 14.1. The van der Waals surface area contributed by atoms with E-state index in [2.05, 4.69) is 37.6 Å². The molecular formula is C14H28N2. The first-order valence-corrected chi connectivity index (χ1v) is 6.78. The molecule has 1 fully saturated rings. The summed E-state index contributed by atoms with van der Waals surface area (Å²) in [5.41, 5.74) is 0. The van der Waals surface area contributed by atoms with Crippen LogP contribution >= 0.6 is 0 Å². The minimum Gasteiger partial charge on any atom is -0.315 e. The Bertz CT molecular complexity index is 197. The molecule has 2 heteroatoms. The van der Waals surface area contributed by atoms with Gasteiger partial charge in [0, 0.05) is 25.2 Å². The number of nitrogens with zero attached hydrogens (tertiary/aromatic N) is 1. The molecule has 1 N–H and O–H groups in total. The van der Waals surface area contributed by atoms with Crippen LogP contribution in [0.25, 0.3) is 0 Å². The van der Waals surface area contributed by atoms with Crippen molar-refractivity contribution in [2.75, 3.05) is 19.6 Å². The third-order valence-electron chi connectivity index (χ3n) is 3.33. The molecule has 1 unspecified atom stereocenters. The molecule has 1 atom stereocenters. The summed E-state index contributed by atoms with van der Waals surface area (Å²) >= 11 is 0. The Balaban J connectivity index is 2.47.